The molecule has 0 bridgehead atoms. The molecule has 3 atom stereocenters. The van der Waals surface area contributed by atoms with Gasteiger partial charge in [0.25, 0.3) is 11.8 Å². The van der Waals surface area contributed by atoms with E-state index in [1.54, 1.807) is 6.08 Å². The highest BCUT2D eigenvalue weighted by Crippen LogP contribution is 2.42. The number of hydrogen-bond acceptors (Lipinski definition) is 14. The first-order chi connectivity index (χ1) is 25.2. The maximum atomic E-state index is 15.8. The highest BCUT2D eigenvalue weighted by atomic mass is 32.2. The van der Waals surface area contributed by atoms with Gasteiger partial charge in [0.15, 0.2) is 23.6 Å². The van der Waals surface area contributed by atoms with E-state index in [0.717, 1.165) is 39.7 Å². The number of aliphatic carboxylic acids is 2. The molecule has 3 aliphatic rings. The number of carbonyl (C=O) groups is 4. The number of nitrogens with two attached hydrogens (primary N) is 1. The Morgan fingerprint density at radius 3 is 2.81 bits per heavy atom. The first-order valence-electron chi connectivity index (χ1n) is 16.5. The summed E-state index contributed by atoms with van der Waals surface area (Å²) in [4.78, 5) is 64.0. The van der Waals surface area contributed by atoms with Gasteiger partial charge in [-0.2, -0.15) is 4.57 Å². The van der Waals surface area contributed by atoms with Gasteiger partial charge >= 0.3 is 5.97 Å². The third-order valence-electron chi connectivity index (χ3n) is 8.97. The Morgan fingerprint density at radius 2 is 2.15 bits per heavy atom. The van der Waals surface area contributed by atoms with Gasteiger partial charge < -0.3 is 41.1 Å². The normalized spacial score (nSPS) is 20.6. The highest BCUT2D eigenvalue weighted by molar-refractivity contribution is 8.01. The van der Waals surface area contributed by atoms with E-state index in [1.165, 1.54) is 48.8 Å². The van der Waals surface area contributed by atoms with E-state index in [0.29, 0.717) is 29.7 Å². The molecule has 0 spiro atoms. The molecule has 1 aromatic carbocycles. The van der Waals surface area contributed by atoms with Crippen LogP contribution in [0.15, 0.2) is 63.8 Å². The molecule has 2 fully saturated rings. The van der Waals surface area contributed by atoms with E-state index >= 15 is 4.39 Å². The van der Waals surface area contributed by atoms with Crippen LogP contribution in [0.4, 0.5) is 15.2 Å². The van der Waals surface area contributed by atoms with Crippen LogP contribution in [-0.4, -0.2) is 98.7 Å². The van der Waals surface area contributed by atoms with E-state index in [4.69, 9.17) is 10.6 Å². The Labute approximate surface area is 316 Å². The van der Waals surface area contributed by atoms with Gasteiger partial charge in [-0.15, -0.1) is 34.9 Å². The van der Waals surface area contributed by atoms with E-state index in [2.05, 4.69) is 27.4 Å². The number of nitrogens with one attached hydrogen (secondary N) is 2. The van der Waals surface area contributed by atoms with Crippen molar-refractivity contribution >= 4 is 86.0 Å². The summed E-state index contributed by atoms with van der Waals surface area (Å²) < 4.78 is 17.7. The summed E-state index contributed by atoms with van der Waals surface area (Å²) in [6.45, 7) is 11.0. The number of fused-ring (bicyclic) bond motifs is 2. The largest absolute Gasteiger partial charge is 0.543 e. The molecule has 0 radical (unpaired) electrons. The minimum Gasteiger partial charge on any atom is -0.543 e. The highest BCUT2D eigenvalue weighted by Gasteiger charge is 2.53. The predicted molar refractivity (Wildman–Crippen MR) is 198 cm³/mol. The first-order valence-corrected chi connectivity index (χ1v) is 19.4. The lowest BCUT2D eigenvalue weighted by molar-refractivity contribution is -0.661. The zero-order chi connectivity index (χ0) is 38.2. The van der Waals surface area contributed by atoms with Crippen LogP contribution >= 0.6 is 34.9 Å². The third kappa shape index (κ3) is 7.55. The molecule has 53 heavy (non-hydrogen) atoms. The van der Waals surface area contributed by atoms with Gasteiger partial charge in [0.1, 0.15) is 22.9 Å². The zero-order valence-corrected chi connectivity index (χ0v) is 31.4. The van der Waals surface area contributed by atoms with Gasteiger partial charge in [0.2, 0.25) is 11.1 Å². The number of rotatable bonds is 13. The van der Waals surface area contributed by atoms with Gasteiger partial charge in [-0.3, -0.25) is 14.5 Å². The average Bonchev–Trinajstić information content (AvgIpc) is 3.55. The molecule has 0 aliphatic carbocycles. The quantitative estimate of drug-likeness (QED) is 0.0479. The van der Waals surface area contributed by atoms with E-state index in [9.17, 15) is 29.4 Å². The fraction of sp³-hybridized carbons (Fsp3) is 0.382. The lowest BCUT2D eigenvalue weighted by atomic mass is 10.0. The molecule has 5 heterocycles. The van der Waals surface area contributed by atoms with Crippen LogP contribution in [-0.2, 0) is 30.6 Å². The van der Waals surface area contributed by atoms with Crippen molar-refractivity contribution < 1.29 is 43.2 Å². The molecule has 6 rings (SSSR count). The molecule has 5 N–H and O–H groups in total. The SMILES string of the molecule is C=CC[n+]1ccc(SCC2=C(C(=O)[O-])N3C(=O)C(NC(=O)/C(=N\OC(C)(C)C(=O)O)c4csc(N)n4)C3SC2)c2cc(F)c(N3CCNCC3C)cc21. The van der Waals surface area contributed by atoms with Gasteiger partial charge in [0.05, 0.1) is 22.7 Å². The van der Waals surface area contributed by atoms with Crippen LogP contribution in [0.5, 0.6) is 0 Å². The molecule has 3 aliphatic heterocycles. The molecule has 2 amide bonds. The number of thiazole rings is 1. The fourth-order valence-corrected chi connectivity index (χ4v) is 9.18. The number of carbonyl (C=O) groups excluding carboxylic acids is 3. The molecule has 2 aromatic heterocycles. The second-order valence-electron chi connectivity index (χ2n) is 13.0. The van der Waals surface area contributed by atoms with Crippen molar-refractivity contribution in [3.63, 3.8) is 0 Å². The predicted octanol–water partition coefficient (Wildman–Crippen LogP) is 1.07. The van der Waals surface area contributed by atoms with Crippen LogP contribution in [0.3, 0.4) is 0 Å². The Hall–Kier alpha value is -4.72. The molecule has 280 valence electrons. The molecule has 3 aromatic rings. The smallest absolute Gasteiger partial charge is 0.350 e. The number of nitrogen functional groups attached to an aromatic ring is 1. The second-order valence-corrected chi connectivity index (χ2v) is 16.0. The molecule has 3 unspecified atom stereocenters. The number of allylic oxidation sites excluding steroid dienone is 1. The van der Waals surface area contributed by atoms with Crippen molar-refractivity contribution in [2.24, 2.45) is 5.16 Å². The van der Waals surface area contributed by atoms with Gasteiger partial charge in [-0.1, -0.05) is 11.7 Å². The lowest BCUT2D eigenvalue weighted by Crippen LogP contribution is -2.71. The van der Waals surface area contributed by atoms with Crippen molar-refractivity contribution in [3.8, 4) is 0 Å². The minimum absolute atomic E-state index is 0.00125. The number of anilines is 2. The van der Waals surface area contributed by atoms with E-state index in [1.807, 2.05) is 34.7 Å². The van der Waals surface area contributed by atoms with Crippen molar-refractivity contribution in [1.29, 1.82) is 0 Å². The van der Waals surface area contributed by atoms with Crippen molar-refractivity contribution in [3.05, 3.63) is 65.2 Å². The fourth-order valence-electron chi connectivity index (χ4n) is 6.11. The molecular formula is C34H37FN8O7S3. The van der Waals surface area contributed by atoms with Gasteiger partial charge in [0, 0.05) is 59.6 Å². The summed E-state index contributed by atoms with van der Waals surface area (Å²) in [5.74, 6) is -4.46. The number of amides is 2. The number of β-lactam (4-membered cyclic amide) rings is 1. The number of aromatic nitrogens is 2. The number of nitrogens with zero attached hydrogens (tertiary/aromatic N) is 5. The molecule has 19 heteroatoms. The van der Waals surface area contributed by atoms with Crippen LogP contribution in [0.2, 0.25) is 0 Å². The summed E-state index contributed by atoms with van der Waals surface area (Å²) in [6.07, 6.45) is 3.64. The van der Waals surface area contributed by atoms with Crippen molar-refractivity contribution in [2.75, 3.05) is 41.8 Å². The number of hydrogen-bond donors (Lipinski definition) is 4. The number of oxime groups is 1. The Bertz CT molecular complexity index is 2070. The maximum Gasteiger partial charge on any atom is 0.350 e. The first kappa shape index (κ1) is 38.0. The summed E-state index contributed by atoms with van der Waals surface area (Å²) in [5.41, 5.74) is 4.97. The number of benzene rings is 1. The van der Waals surface area contributed by atoms with E-state index < -0.39 is 46.5 Å². The van der Waals surface area contributed by atoms with Crippen molar-refractivity contribution in [2.45, 2.75) is 55.3 Å². The lowest BCUT2D eigenvalue weighted by Gasteiger charge is -2.50. The topological polar surface area (TPSA) is 206 Å². The minimum atomic E-state index is -1.79. The third-order valence-corrected chi connectivity index (χ3v) is 12.1. The molecule has 0 saturated carbocycles. The van der Waals surface area contributed by atoms with Crippen molar-refractivity contribution in [1.82, 2.24) is 20.5 Å². The van der Waals surface area contributed by atoms with Crippen LogP contribution < -0.4 is 30.9 Å². The number of carboxylic acids is 2. The second kappa shape index (κ2) is 15.3. The average molecular weight is 785 g/mol. The number of carboxylic acid groups (broad SMARTS) is 2. The number of piperazine rings is 1. The maximum absolute atomic E-state index is 15.8. The number of thioether (sulfide) groups is 2. The number of pyridine rings is 1. The van der Waals surface area contributed by atoms with Crippen LogP contribution in [0, 0.1) is 5.82 Å². The van der Waals surface area contributed by atoms with Crippen LogP contribution in [0.25, 0.3) is 10.9 Å². The standard InChI is InChI=1S/C34H37FN8O7S3/c1-5-8-41-9-6-24(19-11-20(35)23(12-22(19)41)42-10-7-37-13-17(42)2)51-14-18-15-52-30-26(29(45)43(30)27(18)31(46)47)39-28(44)25(21-16-53-33(36)38-21)40-50-34(3,4)32(48)49/h5-6,9,11-12,16-17,26,30,37H,1,7-8,10,13-15H2,2-4H3,(H4-,36,38,39,44,46,47,48,49)/b40-25-. The summed E-state index contributed by atoms with van der Waals surface area (Å²) >= 11 is 3.59. The summed E-state index contributed by atoms with van der Waals surface area (Å²) in [5, 5.41) is 33.0. The Balaban J connectivity index is 1.23. The number of halogens is 1. The molecular weight excluding hydrogens is 748 g/mol. The molecule has 15 nitrogen and oxygen atoms in total. The Morgan fingerprint density at radius 1 is 1.38 bits per heavy atom. The zero-order valence-electron chi connectivity index (χ0n) is 29.0. The molecule has 2 saturated heterocycles. The van der Waals surface area contributed by atoms with Gasteiger partial charge in [-0.25, -0.2) is 14.2 Å². The monoisotopic (exact) mass is 784 g/mol. The van der Waals surface area contributed by atoms with Gasteiger partial charge in [-0.05, 0) is 38.5 Å². The van der Waals surface area contributed by atoms with Crippen LogP contribution in [0.1, 0.15) is 26.5 Å². The summed E-state index contributed by atoms with van der Waals surface area (Å²) in [7, 11) is 0. The summed E-state index contributed by atoms with van der Waals surface area (Å²) in [6, 6.07) is 4.16. The van der Waals surface area contributed by atoms with E-state index in [-0.39, 0.29) is 39.9 Å². The Kier molecular flexibility index (Phi) is 11.0.